The summed E-state index contributed by atoms with van der Waals surface area (Å²) in [7, 11) is 3.85. The van der Waals surface area contributed by atoms with Crippen LogP contribution >= 0.6 is 15.9 Å². The highest BCUT2D eigenvalue weighted by molar-refractivity contribution is 9.10. The van der Waals surface area contributed by atoms with Crippen molar-refractivity contribution in [2.45, 2.75) is 44.7 Å². The molecule has 1 saturated carbocycles. The quantitative estimate of drug-likeness (QED) is 0.723. The maximum atomic E-state index is 13.3. The molecule has 2 aromatic rings. The molecule has 28 heavy (non-hydrogen) atoms. The van der Waals surface area contributed by atoms with Crippen molar-refractivity contribution in [1.82, 2.24) is 15.3 Å². The van der Waals surface area contributed by atoms with E-state index < -0.39 is 0 Å². The van der Waals surface area contributed by atoms with Crippen molar-refractivity contribution < 1.29 is 9.18 Å². The number of halogens is 2. The van der Waals surface area contributed by atoms with E-state index in [2.05, 4.69) is 36.5 Å². The van der Waals surface area contributed by atoms with Crippen LogP contribution < -0.4 is 15.5 Å². The Morgan fingerprint density at radius 2 is 1.82 bits per heavy atom. The molecule has 3 rings (SSSR count). The van der Waals surface area contributed by atoms with E-state index >= 15 is 0 Å². The molecular weight excluding hydrogens is 425 g/mol. The number of carbonyl (C=O) groups is 1. The molecule has 8 heteroatoms. The number of amides is 1. The van der Waals surface area contributed by atoms with Crippen LogP contribution in [-0.2, 0) is 0 Å². The van der Waals surface area contributed by atoms with Gasteiger partial charge in [-0.15, -0.1) is 0 Å². The molecule has 0 radical (unpaired) electrons. The van der Waals surface area contributed by atoms with Gasteiger partial charge in [0.2, 0.25) is 5.95 Å². The zero-order valence-corrected chi connectivity index (χ0v) is 17.9. The summed E-state index contributed by atoms with van der Waals surface area (Å²) < 4.78 is 13.6. The Morgan fingerprint density at radius 3 is 2.46 bits per heavy atom. The predicted octanol–water partition coefficient (Wildman–Crippen LogP) is 3.91. The van der Waals surface area contributed by atoms with Crippen LogP contribution in [0.5, 0.6) is 0 Å². The second-order valence-corrected chi connectivity index (χ2v) is 8.24. The van der Waals surface area contributed by atoms with Crippen LogP contribution in [0.25, 0.3) is 0 Å². The molecule has 1 aromatic heterocycles. The molecule has 1 fully saturated rings. The fraction of sp³-hybridized carbons (Fsp3) is 0.450. The van der Waals surface area contributed by atoms with Crippen LogP contribution in [-0.4, -0.2) is 42.1 Å². The standard InChI is InChI=1S/C20H25BrFN5O/c1-12-10-18(26-20(23-12)27(2)3)24-14-5-7-15(8-6-14)25-19(28)13-4-9-17(22)16(21)11-13/h4,9-11,14-15H,5-8H2,1-3H3,(H,25,28)(H,23,24,26). The maximum absolute atomic E-state index is 13.3. The Balaban J connectivity index is 1.53. The van der Waals surface area contributed by atoms with E-state index in [0.29, 0.717) is 22.0 Å². The summed E-state index contributed by atoms with van der Waals surface area (Å²) in [6.07, 6.45) is 3.66. The Labute approximate surface area is 173 Å². The summed E-state index contributed by atoms with van der Waals surface area (Å²) in [6.45, 7) is 1.96. The smallest absolute Gasteiger partial charge is 0.251 e. The van der Waals surface area contributed by atoms with Gasteiger partial charge in [-0.1, -0.05) is 0 Å². The molecule has 1 aliphatic rings. The van der Waals surface area contributed by atoms with Crippen molar-refractivity contribution in [1.29, 1.82) is 0 Å². The molecular formula is C20H25BrFN5O. The Hall–Kier alpha value is -2.22. The number of nitrogens with zero attached hydrogens (tertiary/aromatic N) is 3. The van der Waals surface area contributed by atoms with E-state index in [4.69, 9.17) is 0 Å². The molecule has 6 nitrogen and oxygen atoms in total. The van der Waals surface area contributed by atoms with E-state index in [1.54, 1.807) is 0 Å². The number of benzene rings is 1. The van der Waals surface area contributed by atoms with E-state index in [0.717, 1.165) is 37.2 Å². The zero-order valence-electron chi connectivity index (χ0n) is 16.3. The van der Waals surface area contributed by atoms with Crippen LogP contribution in [0.3, 0.4) is 0 Å². The highest BCUT2D eigenvalue weighted by Gasteiger charge is 2.23. The minimum atomic E-state index is -0.375. The number of carbonyl (C=O) groups excluding carboxylic acids is 1. The van der Waals surface area contributed by atoms with Gasteiger partial charge in [0, 0.05) is 43.5 Å². The average molecular weight is 450 g/mol. The summed E-state index contributed by atoms with van der Waals surface area (Å²) in [5, 5.41) is 6.55. The largest absolute Gasteiger partial charge is 0.367 e. The van der Waals surface area contributed by atoms with Crippen molar-refractivity contribution in [3.8, 4) is 0 Å². The van der Waals surface area contributed by atoms with Gasteiger partial charge in [0.15, 0.2) is 0 Å². The normalized spacial score (nSPS) is 19.2. The van der Waals surface area contributed by atoms with Crippen molar-refractivity contribution >= 4 is 33.6 Å². The lowest BCUT2D eigenvalue weighted by molar-refractivity contribution is 0.0926. The molecule has 150 valence electrons. The number of anilines is 2. The molecule has 1 heterocycles. The van der Waals surface area contributed by atoms with Gasteiger partial charge in [-0.05, 0) is 66.7 Å². The molecule has 0 aliphatic heterocycles. The first kappa shape index (κ1) is 20.5. The molecule has 1 amide bonds. The van der Waals surface area contributed by atoms with Crippen molar-refractivity contribution in [3.05, 3.63) is 45.8 Å². The van der Waals surface area contributed by atoms with Crippen LogP contribution in [0, 0.1) is 12.7 Å². The maximum Gasteiger partial charge on any atom is 0.251 e. The van der Waals surface area contributed by atoms with Gasteiger partial charge in [0.05, 0.1) is 4.47 Å². The summed E-state index contributed by atoms with van der Waals surface area (Å²) in [4.78, 5) is 23.2. The van der Waals surface area contributed by atoms with Crippen molar-refractivity contribution in [2.24, 2.45) is 0 Å². The number of aromatic nitrogens is 2. The summed E-state index contributed by atoms with van der Waals surface area (Å²) >= 11 is 3.12. The number of hydrogen-bond donors (Lipinski definition) is 2. The van der Waals surface area contributed by atoms with E-state index in [9.17, 15) is 9.18 Å². The van der Waals surface area contributed by atoms with Gasteiger partial charge in [0.25, 0.3) is 5.91 Å². The van der Waals surface area contributed by atoms with Gasteiger partial charge in [0.1, 0.15) is 11.6 Å². The highest BCUT2D eigenvalue weighted by atomic mass is 79.9. The fourth-order valence-corrected chi connectivity index (χ4v) is 3.70. The Morgan fingerprint density at radius 1 is 1.14 bits per heavy atom. The van der Waals surface area contributed by atoms with Gasteiger partial charge < -0.3 is 15.5 Å². The molecule has 0 saturated heterocycles. The van der Waals surface area contributed by atoms with Gasteiger partial charge in [-0.2, -0.15) is 4.98 Å². The third kappa shape index (κ3) is 5.19. The second kappa shape index (κ2) is 8.86. The zero-order chi connectivity index (χ0) is 20.3. The molecule has 1 aliphatic carbocycles. The lowest BCUT2D eigenvalue weighted by Gasteiger charge is -2.30. The first-order chi connectivity index (χ1) is 13.3. The molecule has 0 atom stereocenters. The monoisotopic (exact) mass is 449 g/mol. The third-order valence-electron chi connectivity index (χ3n) is 4.84. The molecule has 1 aromatic carbocycles. The van der Waals surface area contributed by atoms with Crippen LogP contribution in [0.15, 0.2) is 28.7 Å². The van der Waals surface area contributed by atoms with Gasteiger partial charge in [-0.25, -0.2) is 9.37 Å². The van der Waals surface area contributed by atoms with Crippen molar-refractivity contribution in [3.63, 3.8) is 0 Å². The van der Waals surface area contributed by atoms with E-state index in [1.807, 2.05) is 32.0 Å². The molecule has 2 N–H and O–H groups in total. The highest BCUT2D eigenvalue weighted by Crippen LogP contribution is 2.23. The molecule has 0 bridgehead atoms. The first-order valence-corrected chi connectivity index (χ1v) is 10.2. The minimum absolute atomic E-state index is 0.124. The SMILES string of the molecule is Cc1cc(NC2CCC(NC(=O)c3ccc(F)c(Br)c3)CC2)nc(N(C)C)n1. The predicted molar refractivity (Wildman–Crippen MR) is 112 cm³/mol. The Bertz CT molecular complexity index is 852. The number of nitrogens with one attached hydrogen (secondary N) is 2. The lowest BCUT2D eigenvalue weighted by Crippen LogP contribution is -2.40. The summed E-state index contributed by atoms with van der Waals surface area (Å²) in [5.74, 6) is 0.980. The fourth-order valence-electron chi connectivity index (χ4n) is 3.32. The average Bonchev–Trinajstić information content (AvgIpc) is 2.65. The van der Waals surface area contributed by atoms with Gasteiger partial charge >= 0.3 is 0 Å². The van der Waals surface area contributed by atoms with E-state index in [-0.39, 0.29) is 17.8 Å². The minimum Gasteiger partial charge on any atom is -0.367 e. The van der Waals surface area contributed by atoms with E-state index in [1.165, 1.54) is 18.2 Å². The first-order valence-electron chi connectivity index (χ1n) is 9.37. The molecule has 0 unspecified atom stereocenters. The van der Waals surface area contributed by atoms with Crippen LogP contribution in [0.1, 0.15) is 41.7 Å². The van der Waals surface area contributed by atoms with Crippen LogP contribution in [0.4, 0.5) is 16.2 Å². The number of aryl methyl sites for hydroxylation is 1. The number of hydrogen-bond acceptors (Lipinski definition) is 5. The number of rotatable bonds is 5. The summed E-state index contributed by atoms with van der Waals surface area (Å²) in [6, 6.07) is 6.70. The lowest BCUT2D eigenvalue weighted by atomic mass is 9.91. The second-order valence-electron chi connectivity index (χ2n) is 7.38. The topological polar surface area (TPSA) is 70.2 Å². The van der Waals surface area contributed by atoms with Crippen LogP contribution in [0.2, 0.25) is 0 Å². The third-order valence-corrected chi connectivity index (χ3v) is 5.45. The molecule has 0 spiro atoms. The van der Waals surface area contributed by atoms with Gasteiger partial charge in [-0.3, -0.25) is 4.79 Å². The Kier molecular flexibility index (Phi) is 6.49. The van der Waals surface area contributed by atoms with Crippen molar-refractivity contribution in [2.75, 3.05) is 24.3 Å². The summed E-state index contributed by atoms with van der Waals surface area (Å²) in [5.41, 5.74) is 1.38.